The van der Waals surface area contributed by atoms with Crippen LogP contribution in [0.15, 0.2) is 30.3 Å². The first-order valence-corrected chi connectivity index (χ1v) is 8.44. The maximum atomic E-state index is 11.0. The molecule has 2 nitrogen and oxygen atoms in total. The zero-order chi connectivity index (χ0) is 11.3. The molecule has 1 aromatic rings. The van der Waals surface area contributed by atoms with Gasteiger partial charge in [-0.3, -0.25) is 4.79 Å². The van der Waals surface area contributed by atoms with E-state index < -0.39 is 8.80 Å². The third-order valence-electron chi connectivity index (χ3n) is 2.17. The number of hydrogen-bond donors (Lipinski definition) is 0. The number of benzene rings is 1. The molecular weight excluding hydrogens is 204 g/mol. The van der Waals surface area contributed by atoms with Crippen LogP contribution in [0.1, 0.15) is 18.6 Å². The number of carbonyl (C=O) groups is 1. The molecule has 1 atom stereocenters. The highest BCUT2D eigenvalue weighted by molar-refractivity contribution is 6.55. The molecule has 0 saturated heterocycles. The quantitative estimate of drug-likeness (QED) is 0.578. The maximum Gasteiger partial charge on any atom is 0.303 e. The molecule has 1 aromatic carbocycles. The normalized spacial score (nSPS) is 12.5. The fourth-order valence-corrected chi connectivity index (χ4v) is 2.77. The van der Waals surface area contributed by atoms with Crippen molar-refractivity contribution in [3.8, 4) is 0 Å². The van der Waals surface area contributed by atoms with Gasteiger partial charge in [-0.2, -0.15) is 0 Å². The Labute approximate surface area is 92.9 Å². The first-order valence-electron chi connectivity index (χ1n) is 5.31. The molecule has 0 aromatic heterocycles. The molecule has 15 heavy (non-hydrogen) atoms. The van der Waals surface area contributed by atoms with E-state index in [1.54, 1.807) is 0 Å². The lowest BCUT2D eigenvalue weighted by Crippen LogP contribution is -2.14. The molecule has 0 aliphatic rings. The van der Waals surface area contributed by atoms with Gasteiger partial charge in [-0.05, 0) is 11.6 Å². The molecule has 0 aliphatic carbocycles. The number of esters is 1. The van der Waals surface area contributed by atoms with Crippen molar-refractivity contribution < 1.29 is 9.53 Å². The van der Waals surface area contributed by atoms with Crippen LogP contribution in [0.3, 0.4) is 0 Å². The number of ether oxygens (including phenoxy) is 1. The third kappa shape index (κ3) is 4.30. The van der Waals surface area contributed by atoms with E-state index in [0.717, 1.165) is 11.6 Å². The first kappa shape index (κ1) is 12.0. The molecule has 0 bridgehead atoms. The largest absolute Gasteiger partial charge is 0.458 e. The van der Waals surface area contributed by atoms with E-state index in [4.69, 9.17) is 4.74 Å². The molecule has 3 heteroatoms. The SMILES string of the molecule is CC(=O)OC(C[SiH](C)C)c1ccccc1. The van der Waals surface area contributed by atoms with Crippen LogP contribution in [0.25, 0.3) is 0 Å². The van der Waals surface area contributed by atoms with Gasteiger partial charge in [0.2, 0.25) is 0 Å². The zero-order valence-corrected chi connectivity index (χ0v) is 10.7. The molecule has 1 unspecified atom stereocenters. The van der Waals surface area contributed by atoms with Gasteiger partial charge in [-0.25, -0.2) is 0 Å². The van der Waals surface area contributed by atoms with Crippen molar-refractivity contribution in [1.82, 2.24) is 0 Å². The Hall–Kier alpha value is -1.09. The Morgan fingerprint density at radius 2 is 1.93 bits per heavy atom. The average Bonchev–Trinajstić information content (AvgIpc) is 2.17. The van der Waals surface area contributed by atoms with Crippen molar-refractivity contribution in [1.29, 1.82) is 0 Å². The molecule has 0 aliphatic heterocycles. The minimum atomic E-state index is -0.734. The van der Waals surface area contributed by atoms with E-state index in [2.05, 4.69) is 13.1 Å². The van der Waals surface area contributed by atoms with Crippen LogP contribution in [0.4, 0.5) is 0 Å². The summed E-state index contributed by atoms with van der Waals surface area (Å²) in [5.74, 6) is -0.196. The van der Waals surface area contributed by atoms with Crippen LogP contribution in [-0.2, 0) is 9.53 Å². The number of rotatable bonds is 4. The van der Waals surface area contributed by atoms with Gasteiger partial charge in [-0.15, -0.1) is 0 Å². The van der Waals surface area contributed by atoms with E-state index in [1.165, 1.54) is 6.92 Å². The number of carbonyl (C=O) groups excluding carboxylic acids is 1. The second kappa shape index (κ2) is 5.71. The average molecular weight is 222 g/mol. The lowest BCUT2D eigenvalue weighted by atomic mass is 10.1. The molecule has 0 radical (unpaired) electrons. The molecule has 0 saturated carbocycles. The Balaban J connectivity index is 2.76. The van der Waals surface area contributed by atoms with Gasteiger partial charge >= 0.3 is 5.97 Å². The summed E-state index contributed by atoms with van der Waals surface area (Å²) in [6, 6.07) is 11.0. The van der Waals surface area contributed by atoms with Crippen LogP contribution in [0.2, 0.25) is 19.1 Å². The van der Waals surface area contributed by atoms with Crippen LogP contribution < -0.4 is 0 Å². The lowest BCUT2D eigenvalue weighted by Gasteiger charge is -2.18. The van der Waals surface area contributed by atoms with Crippen molar-refractivity contribution in [3.63, 3.8) is 0 Å². The Kier molecular flexibility index (Phi) is 4.56. The summed E-state index contributed by atoms with van der Waals surface area (Å²) in [6.07, 6.45) is -0.0460. The van der Waals surface area contributed by atoms with Gasteiger partial charge in [0.1, 0.15) is 6.10 Å². The van der Waals surface area contributed by atoms with Gasteiger partial charge in [-0.1, -0.05) is 43.4 Å². The molecule has 0 N–H and O–H groups in total. The molecule has 1 rings (SSSR count). The summed E-state index contributed by atoms with van der Waals surface area (Å²) in [6.45, 7) is 6.00. The van der Waals surface area contributed by atoms with Crippen molar-refractivity contribution in [3.05, 3.63) is 35.9 Å². The van der Waals surface area contributed by atoms with E-state index in [-0.39, 0.29) is 12.1 Å². The predicted octanol–water partition coefficient (Wildman–Crippen LogP) is 2.78. The molecule has 0 heterocycles. The summed E-state index contributed by atoms with van der Waals surface area (Å²) in [7, 11) is -0.734. The zero-order valence-electron chi connectivity index (χ0n) is 9.57. The Morgan fingerprint density at radius 1 is 1.33 bits per heavy atom. The van der Waals surface area contributed by atoms with E-state index >= 15 is 0 Å². The predicted molar refractivity (Wildman–Crippen MR) is 64.6 cm³/mol. The van der Waals surface area contributed by atoms with Crippen molar-refractivity contribution >= 4 is 14.8 Å². The molecule has 0 spiro atoms. The van der Waals surface area contributed by atoms with E-state index in [1.807, 2.05) is 30.3 Å². The molecule has 82 valence electrons. The Bertz CT molecular complexity index is 309. The fourth-order valence-electron chi connectivity index (χ4n) is 1.55. The van der Waals surface area contributed by atoms with E-state index in [9.17, 15) is 4.79 Å². The topological polar surface area (TPSA) is 26.3 Å². The van der Waals surface area contributed by atoms with Gasteiger partial charge in [0.05, 0.1) is 0 Å². The van der Waals surface area contributed by atoms with Crippen LogP contribution in [0, 0.1) is 0 Å². The highest BCUT2D eigenvalue weighted by atomic mass is 28.3. The summed E-state index contributed by atoms with van der Waals surface area (Å²) in [5.41, 5.74) is 1.11. The number of hydrogen-bond acceptors (Lipinski definition) is 2. The summed E-state index contributed by atoms with van der Waals surface area (Å²) >= 11 is 0. The Morgan fingerprint density at radius 3 is 2.40 bits per heavy atom. The smallest absolute Gasteiger partial charge is 0.303 e. The van der Waals surface area contributed by atoms with Crippen LogP contribution >= 0.6 is 0 Å². The monoisotopic (exact) mass is 222 g/mol. The van der Waals surface area contributed by atoms with E-state index in [0.29, 0.717) is 0 Å². The highest BCUT2D eigenvalue weighted by Gasteiger charge is 2.16. The minimum Gasteiger partial charge on any atom is -0.458 e. The highest BCUT2D eigenvalue weighted by Crippen LogP contribution is 2.23. The van der Waals surface area contributed by atoms with Gasteiger partial charge in [0.15, 0.2) is 0 Å². The summed E-state index contributed by atoms with van der Waals surface area (Å²) in [4.78, 5) is 11.0. The van der Waals surface area contributed by atoms with Crippen molar-refractivity contribution in [2.45, 2.75) is 32.2 Å². The van der Waals surface area contributed by atoms with Gasteiger partial charge in [0.25, 0.3) is 0 Å². The third-order valence-corrected chi connectivity index (χ3v) is 3.54. The maximum absolute atomic E-state index is 11.0. The van der Waals surface area contributed by atoms with Crippen LogP contribution in [-0.4, -0.2) is 14.8 Å². The molecule has 0 fully saturated rings. The minimum absolute atomic E-state index is 0.0460. The second-order valence-corrected chi connectivity index (χ2v) is 7.40. The van der Waals surface area contributed by atoms with Gasteiger partial charge in [0, 0.05) is 15.7 Å². The van der Waals surface area contributed by atoms with Crippen molar-refractivity contribution in [2.24, 2.45) is 0 Å². The summed E-state index contributed by atoms with van der Waals surface area (Å²) < 4.78 is 5.34. The standard InChI is InChI=1S/C12H18O2Si/c1-10(13)14-12(9-15(2)3)11-7-5-4-6-8-11/h4-8,12,15H,9H2,1-3H3. The molecular formula is C12H18O2Si. The first-order chi connectivity index (χ1) is 7.09. The molecule has 0 amide bonds. The van der Waals surface area contributed by atoms with Gasteiger partial charge < -0.3 is 4.74 Å². The summed E-state index contributed by atoms with van der Waals surface area (Å²) in [5, 5.41) is 0. The van der Waals surface area contributed by atoms with Crippen LogP contribution in [0.5, 0.6) is 0 Å². The fraction of sp³-hybridized carbons (Fsp3) is 0.417. The lowest BCUT2D eigenvalue weighted by molar-refractivity contribution is -0.145. The second-order valence-electron chi connectivity index (χ2n) is 4.14. The van der Waals surface area contributed by atoms with Crippen molar-refractivity contribution in [2.75, 3.05) is 0 Å².